The smallest absolute Gasteiger partial charge is 0.225 e. The van der Waals surface area contributed by atoms with Crippen molar-refractivity contribution in [2.24, 2.45) is 25.4 Å². The van der Waals surface area contributed by atoms with E-state index in [9.17, 15) is 0 Å². The minimum atomic E-state index is -0.372. The van der Waals surface area contributed by atoms with Crippen molar-refractivity contribution in [2.75, 3.05) is 0 Å². The minimum Gasteiger partial charge on any atom is -0.474 e. The Morgan fingerprint density at radius 3 is 2.94 bits per heavy atom. The molecule has 84 valence electrons. The molecule has 6 heteroatoms. The molecule has 0 saturated heterocycles. The van der Waals surface area contributed by atoms with E-state index in [-0.39, 0.29) is 6.04 Å². The summed E-state index contributed by atoms with van der Waals surface area (Å²) in [6, 6.07) is 9.50. The fraction of sp³-hybridized carbons (Fsp3) is 0.182. The van der Waals surface area contributed by atoms with Gasteiger partial charge in [0, 0.05) is 0 Å². The molecule has 1 atom stereocenters. The number of aliphatic imine (C=N–C) groups is 2. The zero-order valence-electron chi connectivity index (χ0n) is 8.89. The molecule has 2 aliphatic rings. The van der Waals surface area contributed by atoms with Crippen molar-refractivity contribution >= 4 is 18.1 Å². The molecule has 0 N–H and O–H groups in total. The first kappa shape index (κ1) is 9.83. The maximum Gasteiger partial charge on any atom is 0.225 e. The van der Waals surface area contributed by atoms with Crippen LogP contribution in [0.15, 0.2) is 55.8 Å². The van der Waals surface area contributed by atoms with Crippen LogP contribution in [-0.2, 0) is 11.3 Å². The predicted octanol–water partition coefficient (Wildman–Crippen LogP) is 1.79. The molecule has 0 aliphatic carbocycles. The SMILES string of the molecule is C1=NC2=NN=NC2C(OCc2ccccc2)=N1. The van der Waals surface area contributed by atoms with Gasteiger partial charge in [0.2, 0.25) is 11.9 Å². The van der Waals surface area contributed by atoms with Gasteiger partial charge >= 0.3 is 0 Å². The van der Waals surface area contributed by atoms with Crippen molar-refractivity contribution in [3.63, 3.8) is 0 Å². The number of hydrogen-bond acceptors (Lipinski definition) is 6. The molecule has 1 aromatic rings. The molecule has 0 fully saturated rings. The molecular formula is C11H9N5O. The number of benzene rings is 1. The highest BCUT2D eigenvalue weighted by atomic mass is 16.5. The first-order chi connectivity index (χ1) is 8.43. The lowest BCUT2D eigenvalue weighted by Crippen LogP contribution is -2.30. The second-order valence-electron chi connectivity index (χ2n) is 3.55. The molecular weight excluding hydrogens is 218 g/mol. The Morgan fingerprint density at radius 1 is 1.18 bits per heavy atom. The topological polar surface area (TPSA) is 71.0 Å². The Bertz CT molecular complexity index is 532. The average molecular weight is 227 g/mol. The molecule has 17 heavy (non-hydrogen) atoms. The largest absolute Gasteiger partial charge is 0.474 e. The molecule has 3 rings (SSSR count). The van der Waals surface area contributed by atoms with Crippen LogP contribution in [0, 0.1) is 0 Å². The van der Waals surface area contributed by atoms with Gasteiger partial charge in [-0.3, -0.25) is 0 Å². The highest BCUT2D eigenvalue weighted by Crippen LogP contribution is 2.14. The summed E-state index contributed by atoms with van der Waals surface area (Å²) in [6.45, 7) is 0.451. The molecule has 0 spiro atoms. The van der Waals surface area contributed by atoms with E-state index in [0.29, 0.717) is 18.3 Å². The number of rotatable bonds is 2. The molecule has 0 radical (unpaired) electrons. The first-order valence-electron chi connectivity index (χ1n) is 5.18. The normalized spacial score (nSPS) is 20.8. The molecule has 0 aromatic heterocycles. The van der Waals surface area contributed by atoms with Crippen LogP contribution in [0.5, 0.6) is 0 Å². The molecule has 2 aliphatic heterocycles. The summed E-state index contributed by atoms with van der Waals surface area (Å²) in [4.78, 5) is 8.02. The summed E-state index contributed by atoms with van der Waals surface area (Å²) >= 11 is 0. The lowest BCUT2D eigenvalue weighted by atomic mass is 10.2. The lowest BCUT2D eigenvalue weighted by molar-refractivity contribution is 0.284. The first-order valence-corrected chi connectivity index (χ1v) is 5.18. The van der Waals surface area contributed by atoms with Gasteiger partial charge in [0.1, 0.15) is 12.9 Å². The van der Waals surface area contributed by atoms with Gasteiger partial charge in [0.05, 0.1) is 0 Å². The molecule has 1 unspecified atom stereocenters. The highest BCUT2D eigenvalue weighted by Gasteiger charge is 2.29. The summed E-state index contributed by atoms with van der Waals surface area (Å²) in [7, 11) is 0. The van der Waals surface area contributed by atoms with E-state index in [4.69, 9.17) is 4.74 Å². The van der Waals surface area contributed by atoms with Crippen molar-refractivity contribution < 1.29 is 4.74 Å². The van der Waals surface area contributed by atoms with Gasteiger partial charge in [0.15, 0.2) is 5.84 Å². The number of nitrogens with zero attached hydrogens (tertiary/aromatic N) is 5. The maximum absolute atomic E-state index is 5.61. The molecule has 0 bridgehead atoms. The van der Waals surface area contributed by atoms with Crippen LogP contribution in [0.1, 0.15) is 5.56 Å². The third-order valence-corrected chi connectivity index (χ3v) is 2.40. The molecule has 6 nitrogen and oxygen atoms in total. The zero-order valence-corrected chi connectivity index (χ0v) is 8.89. The van der Waals surface area contributed by atoms with E-state index in [2.05, 4.69) is 25.4 Å². The Kier molecular flexibility index (Phi) is 2.45. The van der Waals surface area contributed by atoms with Crippen LogP contribution >= 0.6 is 0 Å². The van der Waals surface area contributed by atoms with Crippen molar-refractivity contribution in [3.8, 4) is 0 Å². The molecule has 1 aromatic carbocycles. The van der Waals surface area contributed by atoms with Crippen LogP contribution < -0.4 is 0 Å². The van der Waals surface area contributed by atoms with Gasteiger partial charge in [-0.15, -0.1) is 10.2 Å². The van der Waals surface area contributed by atoms with E-state index < -0.39 is 0 Å². The van der Waals surface area contributed by atoms with E-state index >= 15 is 0 Å². The number of hydrogen-bond donors (Lipinski definition) is 0. The van der Waals surface area contributed by atoms with E-state index in [0.717, 1.165) is 5.56 Å². The van der Waals surface area contributed by atoms with E-state index in [1.807, 2.05) is 30.3 Å². The van der Waals surface area contributed by atoms with Gasteiger partial charge in [-0.2, -0.15) is 0 Å². The number of ether oxygens (including phenoxy) is 1. The van der Waals surface area contributed by atoms with Crippen molar-refractivity contribution in [1.29, 1.82) is 0 Å². The summed E-state index contributed by atoms with van der Waals surface area (Å²) < 4.78 is 5.61. The van der Waals surface area contributed by atoms with Crippen molar-refractivity contribution in [3.05, 3.63) is 35.9 Å². The second kappa shape index (κ2) is 4.25. The Balaban J connectivity index is 1.70. The summed E-state index contributed by atoms with van der Waals surface area (Å²) in [5.41, 5.74) is 1.08. The van der Waals surface area contributed by atoms with Gasteiger partial charge in [0.25, 0.3) is 0 Å². The lowest BCUT2D eigenvalue weighted by Gasteiger charge is -2.13. The second-order valence-corrected chi connectivity index (χ2v) is 3.55. The molecule has 0 saturated carbocycles. The summed E-state index contributed by atoms with van der Waals surface area (Å²) in [5.74, 6) is 1.02. The maximum atomic E-state index is 5.61. The third-order valence-electron chi connectivity index (χ3n) is 2.40. The number of amidine groups is 1. The van der Waals surface area contributed by atoms with Crippen molar-refractivity contribution in [2.45, 2.75) is 12.6 Å². The zero-order chi connectivity index (χ0) is 11.5. The van der Waals surface area contributed by atoms with E-state index in [1.165, 1.54) is 6.34 Å². The standard InChI is InChI=1S/C11H9N5O/c1-2-4-8(5-3-1)6-17-11-9-10(12-7-13-11)15-16-14-9/h1-5,7,9H,6H2. The Morgan fingerprint density at radius 2 is 2.06 bits per heavy atom. The van der Waals surface area contributed by atoms with Crippen LogP contribution in [-0.4, -0.2) is 24.1 Å². The predicted molar refractivity (Wildman–Crippen MR) is 63.2 cm³/mol. The fourth-order valence-electron chi connectivity index (χ4n) is 1.55. The third kappa shape index (κ3) is 1.96. The minimum absolute atomic E-state index is 0.372. The fourth-order valence-corrected chi connectivity index (χ4v) is 1.55. The summed E-state index contributed by atoms with van der Waals surface area (Å²) in [5, 5.41) is 11.3. The quantitative estimate of drug-likeness (QED) is 0.759. The highest BCUT2D eigenvalue weighted by molar-refractivity contribution is 6.14. The van der Waals surface area contributed by atoms with Crippen LogP contribution in [0.2, 0.25) is 0 Å². The van der Waals surface area contributed by atoms with Gasteiger partial charge in [-0.05, 0) is 10.8 Å². The van der Waals surface area contributed by atoms with Gasteiger partial charge in [-0.1, -0.05) is 30.3 Å². The van der Waals surface area contributed by atoms with Crippen LogP contribution in [0.4, 0.5) is 0 Å². The monoisotopic (exact) mass is 227 g/mol. The van der Waals surface area contributed by atoms with E-state index in [1.54, 1.807) is 0 Å². The van der Waals surface area contributed by atoms with Gasteiger partial charge < -0.3 is 4.74 Å². The Labute approximate surface area is 97.5 Å². The summed E-state index contributed by atoms with van der Waals surface area (Å²) in [6.07, 6.45) is 1.41. The number of fused-ring (bicyclic) bond motifs is 1. The Hall–Kier alpha value is -2.37. The van der Waals surface area contributed by atoms with Crippen LogP contribution in [0.3, 0.4) is 0 Å². The average Bonchev–Trinajstić information content (AvgIpc) is 2.86. The molecule has 2 heterocycles. The van der Waals surface area contributed by atoms with Crippen molar-refractivity contribution in [1.82, 2.24) is 0 Å². The van der Waals surface area contributed by atoms with Crippen LogP contribution in [0.25, 0.3) is 0 Å². The molecule has 0 amide bonds. The van der Waals surface area contributed by atoms with Gasteiger partial charge in [-0.25, -0.2) is 9.98 Å².